The van der Waals surface area contributed by atoms with Crippen LogP contribution in [0.15, 0.2) is 188 Å². The fourth-order valence-electron chi connectivity index (χ4n) is 7.76. The van der Waals surface area contributed by atoms with Crippen molar-refractivity contribution < 1.29 is 0 Å². The molecule has 3 heterocycles. The Morgan fingerprint density at radius 2 is 0.750 bits per heavy atom. The maximum Gasteiger partial charge on any atom is 0.165 e. The molecule has 0 radical (unpaired) electrons. The van der Waals surface area contributed by atoms with Gasteiger partial charge in [-0.1, -0.05) is 152 Å². The Bertz CT molecular complexity index is 3220. The van der Waals surface area contributed by atoms with E-state index in [0.29, 0.717) is 17.5 Å². The third-order valence-corrected chi connectivity index (χ3v) is 13.0. The lowest BCUT2D eigenvalue weighted by Gasteiger charge is -2.10. The average Bonchev–Trinajstić information content (AvgIpc) is 3.85. The standard InChI is InChI=1S/C51H31N3S2/c1-4-13-32(14-5-1)34-23-25-36(26-24-34)50-52-49(35-17-8-3-9-18-35)53-51(54-50)41-21-12-20-40-43-29-37(27-28-46(43)56-47(40)41)42-30-38(33-15-6-2-7-16-33)31-44-39-19-10-11-22-45(39)55-48(42)44/h1-31H. The molecule has 3 nitrogen and oxygen atoms in total. The smallest absolute Gasteiger partial charge is 0.165 e. The van der Waals surface area contributed by atoms with E-state index in [1.807, 2.05) is 35.6 Å². The fourth-order valence-corrected chi connectivity index (χ4v) is 10.2. The Kier molecular flexibility index (Phi) is 7.87. The predicted molar refractivity (Wildman–Crippen MR) is 238 cm³/mol. The summed E-state index contributed by atoms with van der Waals surface area (Å²) in [6.45, 7) is 0. The highest BCUT2D eigenvalue weighted by molar-refractivity contribution is 7.26. The Morgan fingerprint density at radius 3 is 1.46 bits per heavy atom. The quantitative estimate of drug-likeness (QED) is 0.170. The van der Waals surface area contributed by atoms with Crippen LogP contribution in [0.2, 0.25) is 0 Å². The van der Waals surface area contributed by atoms with Crippen molar-refractivity contribution in [1.82, 2.24) is 15.0 Å². The first-order valence-corrected chi connectivity index (χ1v) is 20.3. The predicted octanol–water partition coefficient (Wildman–Crippen LogP) is 14.6. The normalized spacial score (nSPS) is 11.6. The summed E-state index contributed by atoms with van der Waals surface area (Å²) >= 11 is 3.68. The minimum Gasteiger partial charge on any atom is -0.208 e. The zero-order valence-electron chi connectivity index (χ0n) is 30.1. The van der Waals surface area contributed by atoms with E-state index in [-0.39, 0.29) is 0 Å². The van der Waals surface area contributed by atoms with Gasteiger partial charge in [-0.3, -0.25) is 0 Å². The van der Waals surface area contributed by atoms with Crippen LogP contribution in [0, 0.1) is 0 Å². The first-order chi connectivity index (χ1) is 27.7. The number of fused-ring (bicyclic) bond motifs is 6. The third-order valence-electron chi connectivity index (χ3n) is 10.6. The van der Waals surface area contributed by atoms with E-state index < -0.39 is 0 Å². The van der Waals surface area contributed by atoms with Gasteiger partial charge in [0, 0.05) is 62.6 Å². The van der Waals surface area contributed by atoms with Crippen LogP contribution < -0.4 is 0 Å². The van der Waals surface area contributed by atoms with Gasteiger partial charge >= 0.3 is 0 Å². The van der Waals surface area contributed by atoms with Crippen LogP contribution in [-0.4, -0.2) is 15.0 Å². The van der Waals surface area contributed by atoms with Gasteiger partial charge in [0.25, 0.3) is 0 Å². The number of hydrogen-bond acceptors (Lipinski definition) is 5. The van der Waals surface area contributed by atoms with Crippen LogP contribution in [-0.2, 0) is 0 Å². The first kappa shape index (κ1) is 32.6. The molecule has 0 bridgehead atoms. The molecule has 0 spiro atoms. The molecule has 0 unspecified atom stereocenters. The number of benzene rings is 8. The third kappa shape index (κ3) is 5.68. The molecule has 0 aliphatic heterocycles. The maximum absolute atomic E-state index is 5.17. The van der Waals surface area contributed by atoms with Gasteiger partial charge in [0.2, 0.25) is 0 Å². The molecule has 8 aromatic carbocycles. The molecule has 0 atom stereocenters. The molecule has 11 rings (SSSR count). The van der Waals surface area contributed by atoms with E-state index >= 15 is 0 Å². The van der Waals surface area contributed by atoms with Gasteiger partial charge in [0.1, 0.15) is 0 Å². The van der Waals surface area contributed by atoms with E-state index in [1.54, 1.807) is 11.3 Å². The summed E-state index contributed by atoms with van der Waals surface area (Å²) in [7, 11) is 0. The first-order valence-electron chi connectivity index (χ1n) is 18.7. The molecule has 0 amide bonds. The largest absolute Gasteiger partial charge is 0.208 e. The Morgan fingerprint density at radius 1 is 0.268 bits per heavy atom. The van der Waals surface area contributed by atoms with Crippen LogP contribution in [0.5, 0.6) is 0 Å². The summed E-state index contributed by atoms with van der Waals surface area (Å²) in [6.07, 6.45) is 0. The van der Waals surface area contributed by atoms with Crippen LogP contribution >= 0.6 is 22.7 Å². The zero-order valence-corrected chi connectivity index (χ0v) is 31.7. The highest BCUT2D eigenvalue weighted by atomic mass is 32.1. The maximum atomic E-state index is 5.17. The summed E-state index contributed by atoms with van der Waals surface area (Å²) < 4.78 is 5.02. The van der Waals surface area contributed by atoms with Gasteiger partial charge in [0.05, 0.1) is 0 Å². The van der Waals surface area contributed by atoms with E-state index in [2.05, 4.69) is 164 Å². The number of rotatable bonds is 6. The molecule has 262 valence electrons. The van der Waals surface area contributed by atoms with Crippen molar-refractivity contribution >= 4 is 63.0 Å². The second-order valence-corrected chi connectivity index (χ2v) is 16.1. The van der Waals surface area contributed by atoms with Gasteiger partial charge in [-0.15, -0.1) is 22.7 Å². The molecule has 0 aliphatic carbocycles. The lowest BCUT2D eigenvalue weighted by molar-refractivity contribution is 1.08. The molecular formula is C51H31N3S2. The molecule has 11 aromatic rings. The number of aromatic nitrogens is 3. The van der Waals surface area contributed by atoms with Gasteiger partial charge in [-0.25, -0.2) is 15.0 Å². The number of nitrogens with zero attached hydrogens (tertiary/aromatic N) is 3. The Balaban J connectivity index is 1.07. The zero-order chi connectivity index (χ0) is 37.0. The van der Waals surface area contributed by atoms with Crippen molar-refractivity contribution in [2.45, 2.75) is 0 Å². The summed E-state index contributed by atoms with van der Waals surface area (Å²) in [6, 6.07) is 66.8. The van der Waals surface area contributed by atoms with Crippen LogP contribution in [0.25, 0.3) is 108 Å². The van der Waals surface area contributed by atoms with Crippen LogP contribution in [0.1, 0.15) is 0 Å². The highest BCUT2D eigenvalue weighted by Gasteiger charge is 2.19. The second kappa shape index (κ2) is 13.5. The fraction of sp³-hybridized carbons (Fsp3) is 0. The van der Waals surface area contributed by atoms with Gasteiger partial charge in [0.15, 0.2) is 17.5 Å². The molecule has 3 aromatic heterocycles. The highest BCUT2D eigenvalue weighted by Crippen LogP contribution is 2.45. The summed E-state index contributed by atoms with van der Waals surface area (Å²) in [5.74, 6) is 1.98. The minimum absolute atomic E-state index is 0.652. The molecule has 0 saturated heterocycles. The SMILES string of the molecule is c1ccc(-c2ccc(-c3nc(-c4ccccc4)nc(-c4cccc5c4sc4ccc(-c6cc(-c7ccccc7)cc7c6sc6ccccc67)cc45)n3)cc2)cc1. The van der Waals surface area contributed by atoms with Gasteiger partial charge < -0.3 is 0 Å². The number of thiophene rings is 2. The Labute approximate surface area is 331 Å². The van der Waals surface area contributed by atoms with Crippen molar-refractivity contribution in [3.8, 4) is 67.5 Å². The van der Waals surface area contributed by atoms with E-state index in [0.717, 1.165) is 22.3 Å². The van der Waals surface area contributed by atoms with Crippen molar-refractivity contribution in [3.63, 3.8) is 0 Å². The van der Waals surface area contributed by atoms with E-state index in [9.17, 15) is 0 Å². The molecular weight excluding hydrogens is 719 g/mol. The summed E-state index contributed by atoms with van der Waals surface area (Å²) in [5, 5.41) is 5.04. The van der Waals surface area contributed by atoms with E-state index in [4.69, 9.17) is 15.0 Å². The molecule has 5 heteroatoms. The lowest BCUT2D eigenvalue weighted by atomic mass is 9.95. The monoisotopic (exact) mass is 749 g/mol. The average molecular weight is 750 g/mol. The molecule has 0 N–H and O–H groups in total. The minimum atomic E-state index is 0.652. The topological polar surface area (TPSA) is 38.7 Å². The van der Waals surface area contributed by atoms with Gasteiger partial charge in [-0.2, -0.15) is 0 Å². The number of hydrogen-bond donors (Lipinski definition) is 0. The summed E-state index contributed by atoms with van der Waals surface area (Å²) in [5.41, 5.74) is 10.2. The van der Waals surface area contributed by atoms with Crippen molar-refractivity contribution in [2.24, 2.45) is 0 Å². The second-order valence-electron chi connectivity index (χ2n) is 14.0. The van der Waals surface area contributed by atoms with Crippen LogP contribution in [0.4, 0.5) is 0 Å². The van der Waals surface area contributed by atoms with E-state index in [1.165, 1.54) is 68.2 Å². The molecule has 0 fully saturated rings. The van der Waals surface area contributed by atoms with Gasteiger partial charge in [-0.05, 0) is 64.2 Å². The van der Waals surface area contributed by atoms with Crippen LogP contribution in [0.3, 0.4) is 0 Å². The van der Waals surface area contributed by atoms with Crippen molar-refractivity contribution in [2.75, 3.05) is 0 Å². The van der Waals surface area contributed by atoms with Crippen molar-refractivity contribution in [3.05, 3.63) is 188 Å². The Hall–Kier alpha value is -6.79. The summed E-state index contributed by atoms with van der Waals surface area (Å²) in [4.78, 5) is 15.3. The molecule has 56 heavy (non-hydrogen) atoms. The lowest BCUT2D eigenvalue weighted by Crippen LogP contribution is -2.00. The molecule has 0 aliphatic rings. The van der Waals surface area contributed by atoms with Crippen molar-refractivity contribution in [1.29, 1.82) is 0 Å². The molecule has 0 saturated carbocycles.